The number of carbonyl (C=O) groups is 2. The third-order valence-corrected chi connectivity index (χ3v) is 2.67. The number of carbonyl (C=O) groups excluding carboxylic acids is 1. The van der Waals surface area contributed by atoms with Gasteiger partial charge in [-0.05, 0) is 26.3 Å². The fourth-order valence-electron chi connectivity index (χ4n) is 1.72. The van der Waals surface area contributed by atoms with Crippen molar-refractivity contribution in [3.8, 4) is 0 Å². The monoisotopic (exact) mass is 230 g/mol. The van der Waals surface area contributed by atoms with Crippen molar-refractivity contribution in [1.29, 1.82) is 0 Å². The van der Waals surface area contributed by atoms with Crippen molar-refractivity contribution in [2.75, 3.05) is 6.54 Å². The van der Waals surface area contributed by atoms with Gasteiger partial charge in [0.15, 0.2) is 6.04 Å². The predicted molar refractivity (Wildman–Crippen MR) is 56.9 cm³/mol. The molecule has 1 aliphatic heterocycles. The first kappa shape index (κ1) is 12.9. The Hall–Kier alpha value is -1.14. The van der Waals surface area contributed by atoms with Crippen LogP contribution in [-0.4, -0.2) is 46.8 Å². The average molecular weight is 230 g/mol. The van der Waals surface area contributed by atoms with Crippen LogP contribution < -0.4 is 10.6 Å². The summed E-state index contributed by atoms with van der Waals surface area (Å²) in [4.78, 5) is 22.4. The highest BCUT2D eigenvalue weighted by molar-refractivity contribution is 5.87. The van der Waals surface area contributed by atoms with Gasteiger partial charge >= 0.3 is 5.97 Å². The van der Waals surface area contributed by atoms with Gasteiger partial charge in [-0.25, -0.2) is 4.79 Å². The zero-order valence-electron chi connectivity index (χ0n) is 9.27. The molecule has 1 fully saturated rings. The molecule has 6 nitrogen and oxygen atoms in total. The summed E-state index contributed by atoms with van der Waals surface area (Å²) in [6.45, 7) is 2.11. The lowest BCUT2D eigenvalue weighted by atomic mass is 10.0. The van der Waals surface area contributed by atoms with E-state index >= 15 is 0 Å². The van der Waals surface area contributed by atoms with Crippen molar-refractivity contribution in [1.82, 2.24) is 10.6 Å². The van der Waals surface area contributed by atoms with Crippen LogP contribution >= 0.6 is 0 Å². The summed E-state index contributed by atoms with van der Waals surface area (Å²) in [6, 6.07) is -1.58. The number of aliphatic carboxylic acids is 1. The van der Waals surface area contributed by atoms with Crippen LogP contribution in [0.25, 0.3) is 0 Å². The summed E-state index contributed by atoms with van der Waals surface area (Å²) < 4.78 is 0. The Balaban J connectivity index is 2.50. The number of hydrogen-bond acceptors (Lipinski definition) is 4. The Morgan fingerprint density at radius 3 is 2.56 bits per heavy atom. The van der Waals surface area contributed by atoms with Crippen LogP contribution in [-0.2, 0) is 9.59 Å². The molecule has 1 amide bonds. The molecular weight excluding hydrogens is 212 g/mol. The topological polar surface area (TPSA) is 98.7 Å². The Labute approximate surface area is 94.0 Å². The molecule has 4 N–H and O–H groups in total. The van der Waals surface area contributed by atoms with E-state index in [1.165, 1.54) is 6.92 Å². The second-order valence-electron chi connectivity index (χ2n) is 4.07. The van der Waals surface area contributed by atoms with E-state index in [1.54, 1.807) is 0 Å². The highest BCUT2D eigenvalue weighted by Crippen LogP contribution is 2.07. The summed E-state index contributed by atoms with van der Waals surface area (Å²) >= 11 is 0. The molecule has 3 atom stereocenters. The van der Waals surface area contributed by atoms with Gasteiger partial charge in [-0.3, -0.25) is 4.79 Å². The summed E-state index contributed by atoms with van der Waals surface area (Å²) in [7, 11) is 0. The molecule has 0 aromatic rings. The van der Waals surface area contributed by atoms with Crippen LogP contribution in [0.1, 0.15) is 26.2 Å². The van der Waals surface area contributed by atoms with Crippen molar-refractivity contribution in [2.45, 2.75) is 44.4 Å². The van der Waals surface area contributed by atoms with Gasteiger partial charge in [0.2, 0.25) is 5.91 Å². The molecule has 0 radical (unpaired) electrons. The molecule has 0 saturated carbocycles. The number of piperidine rings is 1. The van der Waals surface area contributed by atoms with E-state index in [0.29, 0.717) is 6.42 Å². The van der Waals surface area contributed by atoms with E-state index in [4.69, 9.17) is 5.11 Å². The van der Waals surface area contributed by atoms with Crippen molar-refractivity contribution < 1.29 is 19.8 Å². The largest absolute Gasteiger partial charge is 0.480 e. The van der Waals surface area contributed by atoms with Crippen LogP contribution in [0.2, 0.25) is 0 Å². The second kappa shape index (κ2) is 5.81. The molecule has 1 heterocycles. The van der Waals surface area contributed by atoms with E-state index in [-0.39, 0.29) is 11.9 Å². The second-order valence-corrected chi connectivity index (χ2v) is 4.07. The minimum Gasteiger partial charge on any atom is -0.480 e. The first-order chi connectivity index (χ1) is 7.52. The molecule has 0 bridgehead atoms. The van der Waals surface area contributed by atoms with E-state index in [2.05, 4.69) is 10.6 Å². The van der Waals surface area contributed by atoms with Gasteiger partial charge in [0.05, 0.1) is 12.1 Å². The fourth-order valence-corrected chi connectivity index (χ4v) is 1.72. The molecule has 6 heteroatoms. The predicted octanol–water partition coefficient (Wildman–Crippen LogP) is -0.921. The van der Waals surface area contributed by atoms with Crippen LogP contribution in [0.3, 0.4) is 0 Å². The highest BCUT2D eigenvalue weighted by Gasteiger charge is 2.28. The van der Waals surface area contributed by atoms with Crippen LogP contribution in [0, 0.1) is 0 Å². The molecule has 1 rings (SSSR count). The molecule has 1 aliphatic rings. The maximum atomic E-state index is 11.7. The third-order valence-electron chi connectivity index (χ3n) is 2.67. The zero-order chi connectivity index (χ0) is 12.1. The summed E-state index contributed by atoms with van der Waals surface area (Å²) in [5.41, 5.74) is 0. The van der Waals surface area contributed by atoms with Gasteiger partial charge in [-0.2, -0.15) is 0 Å². The summed E-state index contributed by atoms with van der Waals surface area (Å²) in [5.74, 6) is -1.58. The normalized spacial score (nSPS) is 24.5. The average Bonchev–Trinajstić information content (AvgIpc) is 2.25. The number of aliphatic hydroxyl groups excluding tert-OH is 1. The Morgan fingerprint density at radius 2 is 2.12 bits per heavy atom. The van der Waals surface area contributed by atoms with Gasteiger partial charge in [0.1, 0.15) is 0 Å². The van der Waals surface area contributed by atoms with Gasteiger partial charge < -0.3 is 20.8 Å². The van der Waals surface area contributed by atoms with Gasteiger partial charge in [0, 0.05) is 0 Å². The number of carboxylic acids is 1. The molecule has 1 saturated heterocycles. The van der Waals surface area contributed by atoms with E-state index in [9.17, 15) is 14.7 Å². The quantitative estimate of drug-likeness (QED) is 0.500. The number of aliphatic hydroxyl groups is 1. The fraction of sp³-hybridized carbons (Fsp3) is 0.800. The Morgan fingerprint density at radius 1 is 1.44 bits per heavy atom. The van der Waals surface area contributed by atoms with E-state index in [0.717, 1.165) is 19.4 Å². The van der Waals surface area contributed by atoms with Crippen LogP contribution in [0.5, 0.6) is 0 Å². The number of nitrogens with one attached hydrogen (secondary N) is 2. The summed E-state index contributed by atoms with van der Waals surface area (Å²) in [6.07, 6.45) is 1.59. The lowest BCUT2D eigenvalue weighted by Crippen LogP contribution is -2.54. The first-order valence-corrected chi connectivity index (χ1v) is 5.47. The maximum Gasteiger partial charge on any atom is 0.328 e. The Bertz CT molecular complexity index is 262. The first-order valence-electron chi connectivity index (χ1n) is 5.47. The van der Waals surface area contributed by atoms with Gasteiger partial charge in [-0.15, -0.1) is 0 Å². The zero-order valence-corrected chi connectivity index (χ0v) is 9.27. The highest BCUT2D eigenvalue weighted by atomic mass is 16.4. The molecule has 16 heavy (non-hydrogen) atoms. The van der Waals surface area contributed by atoms with Gasteiger partial charge in [-0.1, -0.05) is 6.42 Å². The lowest BCUT2D eigenvalue weighted by molar-refractivity contribution is -0.145. The molecule has 0 aliphatic carbocycles. The minimum absolute atomic E-state index is 0.339. The number of amides is 1. The van der Waals surface area contributed by atoms with Crippen LogP contribution in [0.4, 0.5) is 0 Å². The molecule has 0 aromatic heterocycles. The third kappa shape index (κ3) is 3.46. The molecule has 3 unspecified atom stereocenters. The van der Waals surface area contributed by atoms with Crippen molar-refractivity contribution in [3.05, 3.63) is 0 Å². The standard InChI is InChI=1S/C10H18N2O4/c1-6(13)8(10(15)16)12-9(14)7-4-2-3-5-11-7/h6-8,11,13H,2-5H2,1H3,(H,12,14)(H,15,16). The SMILES string of the molecule is CC(O)C(NC(=O)C1CCCCN1)C(=O)O. The molecule has 92 valence electrons. The van der Waals surface area contributed by atoms with E-state index < -0.39 is 18.1 Å². The Kier molecular flexibility index (Phi) is 4.70. The van der Waals surface area contributed by atoms with Crippen molar-refractivity contribution >= 4 is 11.9 Å². The molecular formula is C10H18N2O4. The molecule has 0 aromatic carbocycles. The number of rotatable bonds is 4. The maximum absolute atomic E-state index is 11.7. The van der Waals surface area contributed by atoms with E-state index in [1.807, 2.05) is 0 Å². The van der Waals surface area contributed by atoms with Gasteiger partial charge in [0.25, 0.3) is 0 Å². The molecule has 0 spiro atoms. The van der Waals surface area contributed by atoms with Crippen LogP contribution in [0.15, 0.2) is 0 Å². The van der Waals surface area contributed by atoms with Crippen molar-refractivity contribution in [2.24, 2.45) is 0 Å². The summed E-state index contributed by atoms with van der Waals surface area (Å²) in [5, 5.41) is 23.4. The lowest BCUT2D eigenvalue weighted by Gasteiger charge is -2.25. The van der Waals surface area contributed by atoms with Crippen molar-refractivity contribution in [3.63, 3.8) is 0 Å². The number of hydrogen-bond donors (Lipinski definition) is 4. The number of carboxylic acid groups (broad SMARTS) is 1. The minimum atomic E-state index is -1.24. The smallest absolute Gasteiger partial charge is 0.328 e.